The molecule has 0 saturated carbocycles. The molecule has 0 aliphatic rings. The van der Waals surface area contributed by atoms with E-state index in [-0.39, 0.29) is 12.1 Å². The average Bonchev–Trinajstić information content (AvgIpc) is 2.22. The molecule has 0 saturated heterocycles. The van der Waals surface area contributed by atoms with Crippen LogP contribution in [-0.4, -0.2) is 80.6 Å². The molecular formula is C14H31N3O2+2. The van der Waals surface area contributed by atoms with Gasteiger partial charge >= 0.3 is 0 Å². The zero-order valence-electron chi connectivity index (χ0n) is 13.3. The van der Waals surface area contributed by atoms with Crippen LogP contribution in [0.3, 0.4) is 0 Å². The van der Waals surface area contributed by atoms with Gasteiger partial charge in [0.2, 0.25) is 5.91 Å². The summed E-state index contributed by atoms with van der Waals surface area (Å²) in [5.41, 5.74) is 0. The number of aliphatic hydroxyl groups is 1. The number of carbonyl (C=O) groups excluding carboxylic acids is 1. The van der Waals surface area contributed by atoms with E-state index in [1.807, 2.05) is 35.2 Å². The molecule has 0 spiro atoms. The molecule has 5 nitrogen and oxygen atoms in total. The first-order chi connectivity index (χ1) is 8.53. The van der Waals surface area contributed by atoms with Gasteiger partial charge in [0.15, 0.2) is 12.3 Å². The largest absolute Gasteiger partial charge is 0.380 e. The first kappa shape index (κ1) is 18.1. The number of aliphatic hydroxyl groups excluding tert-OH is 1. The minimum atomic E-state index is -0.606. The second-order valence-electron chi connectivity index (χ2n) is 6.70. The number of nitrogens with zero attached hydrogens (tertiary/aromatic N) is 2. The molecule has 0 radical (unpaired) electrons. The second-order valence-corrected chi connectivity index (χ2v) is 6.70. The third-order valence-electron chi connectivity index (χ3n) is 3.13. The number of rotatable bonds is 8. The van der Waals surface area contributed by atoms with Crippen molar-refractivity contribution in [2.75, 3.05) is 48.3 Å². The summed E-state index contributed by atoms with van der Waals surface area (Å²) >= 11 is 0. The molecule has 0 heterocycles. The molecule has 2 N–H and O–H groups in total. The molecule has 0 fully saturated rings. The zero-order chi connectivity index (χ0) is 15.3. The summed E-state index contributed by atoms with van der Waals surface area (Å²) in [6.45, 7) is 7.03. The van der Waals surface area contributed by atoms with Crippen molar-refractivity contribution in [1.82, 2.24) is 5.32 Å². The van der Waals surface area contributed by atoms with Gasteiger partial charge in [-0.25, -0.2) is 0 Å². The molecule has 5 heteroatoms. The van der Waals surface area contributed by atoms with Crippen LogP contribution in [0.5, 0.6) is 0 Å². The van der Waals surface area contributed by atoms with E-state index in [1.54, 1.807) is 0 Å². The van der Waals surface area contributed by atoms with Gasteiger partial charge in [0.05, 0.1) is 41.8 Å². The van der Waals surface area contributed by atoms with E-state index in [1.165, 1.54) is 6.08 Å². The lowest BCUT2D eigenvalue weighted by Gasteiger charge is -2.41. The fourth-order valence-electron chi connectivity index (χ4n) is 2.32. The van der Waals surface area contributed by atoms with Crippen molar-refractivity contribution >= 4 is 5.91 Å². The van der Waals surface area contributed by atoms with Gasteiger partial charge in [0, 0.05) is 0 Å². The highest BCUT2D eigenvalue weighted by atomic mass is 16.3. The first-order valence-electron chi connectivity index (χ1n) is 6.77. The number of carbonyl (C=O) groups is 1. The normalized spacial score (nSPS) is 15.7. The van der Waals surface area contributed by atoms with E-state index in [4.69, 9.17) is 0 Å². The fraction of sp³-hybridized carbons (Fsp3) is 0.786. The summed E-state index contributed by atoms with van der Waals surface area (Å²) < 4.78 is 1.20. The smallest absolute Gasteiger partial charge is 0.247 e. The Kier molecular flexibility index (Phi) is 6.69. The maximum Gasteiger partial charge on any atom is 0.247 e. The average molecular weight is 273 g/mol. The number of amides is 1. The number of nitrogens with one attached hydrogen (secondary N) is 1. The summed E-state index contributed by atoms with van der Waals surface area (Å²) in [5.74, 6) is -0.243. The van der Waals surface area contributed by atoms with Crippen LogP contribution in [0.4, 0.5) is 0 Å². The Hall–Kier alpha value is -0.910. The minimum Gasteiger partial charge on any atom is -0.380 e. The van der Waals surface area contributed by atoms with Crippen molar-refractivity contribution in [3.05, 3.63) is 12.7 Å². The molecule has 0 aromatic carbocycles. The van der Waals surface area contributed by atoms with Crippen LogP contribution in [-0.2, 0) is 4.79 Å². The van der Waals surface area contributed by atoms with Crippen molar-refractivity contribution in [3.63, 3.8) is 0 Å². The lowest BCUT2D eigenvalue weighted by molar-refractivity contribution is -0.930. The predicted octanol–water partition coefficient (Wildman–Crippen LogP) is 0.168. The predicted molar refractivity (Wildman–Crippen MR) is 78.3 cm³/mol. The molecule has 0 aromatic rings. The van der Waals surface area contributed by atoms with Crippen molar-refractivity contribution in [2.24, 2.45) is 0 Å². The molecule has 2 unspecified atom stereocenters. The fourth-order valence-corrected chi connectivity index (χ4v) is 2.32. The van der Waals surface area contributed by atoms with Gasteiger partial charge < -0.3 is 19.4 Å². The van der Waals surface area contributed by atoms with Gasteiger partial charge in [-0.3, -0.25) is 4.79 Å². The number of hydrogen-bond donors (Lipinski definition) is 2. The Balaban J connectivity index is 5.04. The Morgan fingerprint density at radius 1 is 1.32 bits per heavy atom. The monoisotopic (exact) mass is 273 g/mol. The van der Waals surface area contributed by atoms with Crippen LogP contribution in [0.15, 0.2) is 12.7 Å². The van der Waals surface area contributed by atoms with E-state index in [0.29, 0.717) is 15.5 Å². The Bertz CT molecular complexity index is 308. The Morgan fingerprint density at radius 2 is 1.84 bits per heavy atom. The number of quaternary nitrogens is 2. The van der Waals surface area contributed by atoms with E-state index < -0.39 is 6.10 Å². The number of hydrogen-bond acceptors (Lipinski definition) is 2. The molecule has 19 heavy (non-hydrogen) atoms. The third kappa shape index (κ3) is 6.71. The minimum absolute atomic E-state index is 0.243. The molecular weight excluding hydrogens is 242 g/mol. The van der Waals surface area contributed by atoms with Crippen molar-refractivity contribution in [1.29, 1.82) is 0 Å². The van der Waals surface area contributed by atoms with Gasteiger partial charge in [0.1, 0.15) is 6.54 Å². The third-order valence-corrected chi connectivity index (χ3v) is 3.13. The standard InChI is InChI=1S/C14H30N3O2/c1-8-10-17(6,7)14(15-13(19)9-2)12(18)11-16(3,4)5/h9,12,14,18H,2,8,10-11H2,1,3-7H3/q+1/p+1. The Morgan fingerprint density at radius 3 is 2.21 bits per heavy atom. The van der Waals surface area contributed by atoms with E-state index in [2.05, 4.69) is 18.8 Å². The molecule has 112 valence electrons. The molecule has 0 aliphatic heterocycles. The summed E-state index contributed by atoms with van der Waals surface area (Å²) in [6.07, 6.45) is 1.30. The zero-order valence-corrected chi connectivity index (χ0v) is 13.3. The van der Waals surface area contributed by atoms with Gasteiger partial charge in [-0.15, -0.1) is 0 Å². The molecule has 0 aromatic heterocycles. The lowest BCUT2D eigenvalue weighted by atomic mass is 10.1. The van der Waals surface area contributed by atoms with Gasteiger partial charge in [-0.05, 0) is 12.5 Å². The van der Waals surface area contributed by atoms with Crippen molar-refractivity contribution in [2.45, 2.75) is 25.6 Å². The van der Waals surface area contributed by atoms with Gasteiger partial charge in [-0.2, -0.15) is 0 Å². The van der Waals surface area contributed by atoms with Gasteiger partial charge in [0.25, 0.3) is 0 Å². The summed E-state index contributed by atoms with van der Waals surface area (Å²) in [6, 6.07) is 0. The molecule has 1 amide bonds. The first-order valence-corrected chi connectivity index (χ1v) is 6.77. The van der Waals surface area contributed by atoms with Crippen LogP contribution in [0, 0.1) is 0 Å². The van der Waals surface area contributed by atoms with Crippen LogP contribution in [0.2, 0.25) is 0 Å². The van der Waals surface area contributed by atoms with Crippen LogP contribution >= 0.6 is 0 Å². The second kappa shape index (κ2) is 7.03. The molecule has 2 atom stereocenters. The highest BCUT2D eigenvalue weighted by Crippen LogP contribution is 2.12. The van der Waals surface area contributed by atoms with E-state index in [0.717, 1.165) is 13.0 Å². The maximum absolute atomic E-state index is 11.6. The number of likely N-dealkylation sites (N-methyl/N-ethyl adjacent to an activating group) is 2. The van der Waals surface area contributed by atoms with Crippen LogP contribution in [0.1, 0.15) is 13.3 Å². The highest BCUT2D eigenvalue weighted by Gasteiger charge is 2.37. The van der Waals surface area contributed by atoms with E-state index >= 15 is 0 Å². The molecule has 0 rings (SSSR count). The molecule has 0 bridgehead atoms. The van der Waals surface area contributed by atoms with E-state index in [9.17, 15) is 9.90 Å². The molecule has 0 aliphatic carbocycles. The summed E-state index contributed by atoms with van der Waals surface area (Å²) in [7, 11) is 10.1. The van der Waals surface area contributed by atoms with Crippen molar-refractivity contribution in [3.8, 4) is 0 Å². The highest BCUT2D eigenvalue weighted by molar-refractivity contribution is 5.86. The Labute approximate surface area is 117 Å². The summed E-state index contributed by atoms with van der Waals surface area (Å²) in [5, 5.41) is 13.3. The SMILES string of the molecule is C=CC(=O)NC(C(O)C[N+](C)(C)C)[N+](C)(C)CCC. The quantitative estimate of drug-likeness (QED) is 0.376. The van der Waals surface area contributed by atoms with Crippen LogP contribution in [0.25, 0.3) is 0 Å². The van der Waals surface area contributed by atoms with Gasteiger partial charge in [-0.1, -0.05) is 13.5 Å². The van der Waals surface area contributed by atoms with Crippen molar-refractivity contribution < 1.29 is 18.9 Å². The topological polar surface area (TPSA) is 49.3 Å². The van der Waals surface area contributed by atoms with Crippen LogP contribution < -0.4 is 5.32 Å². The maximum atomic E-state index is 11.6. The summed E-state index contributed by atoms with van der Waals surface area (Å²) in [4.78, 5) is 11.6. The lowest BCUT2D eigenvalue weighted by Crippen LogP contribution is -2.65.